The fraction of sp³-hybridized carbons (Fsp3) is 0. The first kappa shape index (κ1) is 16.2. The van der Waals surface area contributed by atoms with E-state index in [1.54, 1.807) is 0 Å². The molecule has 3 rings (SSSR count). The molecule has 3 aromatic rings. The number of hydrogen-bond donors (Lipinski definition) is 3. The fourth-order valence-electron chi connectivity index (χ4n) is 2.08. The molecule has 2 heterocycles. The predicted molar refractivity (Wildman–Crippen MR) is 90.1 cm³/mol. The predicted octanol–water partition coefficient (Wildman–Crippen LogP) is 2.54. The number of benzene rings is 1. The van der Waals surface area contributed by atoms with Crippen molar-refractivity contribution in [1.82, 2.24) is 9.97 Å². The molecule has 4 N–H and O–H groups in total. The third-order valence-electron chi connectivity index (χ3n) is 3.23. The molecule has 0 unspecified atom stereocenters. The normalized spacial score (nSPS) is 10.3. The number of ether oxygens (including phenoxy) is 1. The topological polar surface area (TPSA) is 110 Å². The van der Waals surface area contributed by atoms with Gasteiger partial charge in [-0.1, -0.05) is 0 Å². The number of nitrogen functional groups attached to an aromatic ring is 1. The summed E-state index contributed by atoms with van der Waals surface area (Å²) >= 11 is 0. The molecule has 0 bridgehead atoms. The van der Waals surface area contributed by atoms with Crippen LogP contribution < -0.4 is 21.3 Å². The average Bonchev–Trinajstić information content (AvgIpc) is 2.58. The molecule has 0 aliphatic heterocycles. The molecule has 7 nitrogen and oxygen atoms in total. The van der Waals surface area contributed by atoms with Crippen molar-refractivity contribution >= 4 is 17.4 Å². The van der Waals surface area contributed by atoms with Crippen molar-refractivity contribution in [3.05, 3.63) is 76.6 Å². The van der Waals surface area contributed by atoms with Crippen molar-refractivity contribution < 1.29 is 13.9 Å². The fourth-order valence-corrected chi connectivity index (χ4v) is 2.08. The van der Waals surface area contributed by atoms with Crippen LogP contribution in [0.5, 0.6) is 11.5 Å². The molecule has 0 fully saturated rings. The maximum Gasteiger partial charge on any atom is 0.261 e. The number of aromatic nitrogens is 2. The lowest BCUT2D eigenvalue weighted by Gasteiger charge is -2.09. The lowest BCUT2D eigenvalue weighted by molar-refractivity contribution is 0.102. The Bertz CT molecular complexity index is 987. The number of carbonyl (C=O) groups is 1. The van der Waals surface area contributed by atoms with Crippen LogP contribution in [0.3, 0.4) is 0 Å². The number of pyridine rings is 2. The molecule has 0 saturated carbocycles. The lowest BCUT2D eigenvalue weighted by Crippen LogP contribution is -2.22. The van der Waals surface area contributed by atoms with Crippen molar-refractivity contribution in [2.24, 2.45) is 0 Å². The van der Waals surface area contributed by atoms with E-state index >= 15 is 0 Å². The van der Waals surface area contributed by atoms with Gasteiger partial charge >= 0.3 is 0 Å². The molecule has 0 spiro atoms. The summed E-state index contributed by atoms with van der Waals surface area (Å²) in [7, 11) is 0. The Kier molecular flexibility index (Phi) is 4.42. The molecule has 8 heteroatoms. The van der Waals surface area contributed by atoms with E-state index in [1.165, 1.54) is 48.8 Å². The van der Waals surface area contributed by atoms with Gasteiger partial charge in [-0.15, -0.1) is 0 Å². The molecular formula is C17H13FN4O3. The molecule has 0 atom stereocenters. The highest BCUT2D eigenvalue weighted by Crippen LogP contribution is 2.27. The smallest absolute Gasteiger partial charge is 0.261 e. The summed E-state index contributed by atoms with van der Waals surface area (Å²) in [6.07, 6.45) is 2.85. The number of amides is 1. The van der Waals surface area contributed by atoms with E-state index in [-0.39, 0.29) is 22.8 Å². The molecule has 0 aliphatic carbocycles. The van der Waals surface area contributed by atoms with Crippen molar-refractivity contribution in [3.63, 3.8) is 0 Å². The number of nitrogens with two attached hydrogens (primary N) is 1. The Morgan fingerprint density at radius 3 is 2.80 bits per heavy atom. The molecule has 126 valence electrons. The monoisotopic (exact) mass is 340 g/mol. The number of carbonyl (C=O) groups excluding carboxylic acids is 1. The number of nitrogens with zero attached hydrogens (tertiary/aromatic N) is 1. The Labute approximate surface area is 141 Å². The second-order valence-electron chi connectivity index (χ2n) is 5.03. The van der Waals surface area contributed by atoms with Gasteiger partial charge in [0.1, 0.15) is 17.1 Å². The van der Waals surface area contributed by atoms with E-state index in [4.69, 9.17) is 10.5 Å². The average molecular weight is 340 g/mol. The highest BCUT2D eigenvalue weighted by Gasteiger charge is 2.12. The summed E-state index contributed by atoms with van der Waals surface area (Å²) in [4.78, 5) is 29.8. The molecular weight excluding hydrogens is 327 g/mol. The Balaban J connectivity index is 1.77. The Morgan fingerprint density at radius 1 is 1.24 bits per heavy atom. The molecule has 0 aliphatic rings. The number of rotatable bonds is 4. The minimum absolute atomic E-state index is 0.0406. The van der Waals surface area contributed by atoms with Gasteiger partial charge in [-0.25, -0.2) is 9.37 Å². The van der Waals surface area contributed by atoms with Crippen molar-refractivity contribution in [3.8, 4) is 11.5 Å². The highest BCUT2D eigenvalue weighted by molar-refractivity contribution is 6.03. The van der Waals surface area contributed by atoms with Crippen LogP contribution in [0.1, 0.15) is 10.4 Å². The molecule has 25 heavy (non-hydrogen) atoms. The van der Waals surface area contributed by atoms with Gasteiger partial charge in [0.2, 0.25) is 0 Å². The second-order valence-corrected chi connectivity index (χ2v) is 5.03. The van der Waals surface area contributed by atoms with Gasteiger partial charge in [-0.2, -0.15) is 0 Å². The van der Waals surface area contributed by atoms with Crippen LogP contribution in [-0.4, -0.2) is 15.9 Å². The largest absolute Gasteiger partial charge is 0.454 e. The zero-order valence-corrected chi connectivity index (χ0v) is 12.8. The SMILES string of the molecule is Nc1cc(Oc2ccc(NC(=O)c3ccc[nH]c3=O)cc2F)ccn1. The third kappa shape index (κ3) is 3.81. The van der Waals surface area contributed by atoms with E-state index in [0.29, 0.717) is 5.75 Å². The summed E-state index contributed by atoms with van der Waals surface area (Å²) in [5.41, 5.74) is 5.12. The molecule has 0 radical (unpaired) electrons. The molecule has 1 amide bonds. The standard InChI is InChI=1S/C17H13FN4O3/c18-13-8-10(22-17(24)12-2-1-6-21-16(12)23)3-4-14(13)25-11-5-7-20-15(19)9-11/h1-9H,(H2,19,20)(H,21,23)(H,22,24). The minimum Gasteiger partial charge on any atom is -0.454 e. The minimum atomic E-state index is -0.685. The number of nitrogens with one attached hydrogen (secondary N) is 2. The van der Waals surface area contributed by atoms with Gasteiger partial charge in [0, 0.05) is 30.2 Å². The number of H-pyrrole nitrogens is 1. The maximum atomic E-state index is 14.2. The second kappa shape index (κ2) is 6.83. The van der Waals surface area contributed by atoms with Crippen LogP contribution in [0.25, 0.3) is 0 Å². The first-order valence-corrected chi connectivity index (χ1v) is 7.21. The van der Waals surface area contributed by atoms with Crippen LogP contribution in [0.4, 0.5) is 15.9 Å². The van der Waals surface area contributed by atoms with Gasteiger partial charge in [-0.3, -0.25) is 9.59 Å². The summed E-state index contributed by atoms with van der Waals surface area (Å²) in [6.45, 7) is 0. The van der Waals surface area contributed by atoms with E-state index < -0.39 is 17.3 Å². The maximum absolute atomic E-state index is 14.2. The Hall–Kier alpha value is -3.68. The van der Waals surface area contributed by atoms with Gasteiger partial charge in [0.05, 0.1) is 0 Å². The zero-order valence-electron chi connectivity index (χ0n) is 12.8. The lowest BCUT2D eigenvalue weighted by atomic mass is 10.2. The van der Waals surface area contributed by atoms with Crippen LogP contribution >= 0.6 is 0 Å². The molecule has 2 aromatic heterocycles. The number of anilines is 2. The number of aromatic amines is 1. The first-order valence-electron chi connectivity index (χ1n) is 7.21. The van der Waals surface area contributed by atoms with Crippen molar-refractivity contribution in [2.45, 2.75) is 0 Å². The van der Waals surface area contributed by atoms with Crippen molar-refractivity contribution in [2.75, 3.05) is 11.1 Å². The van der Waals surface area contributed by atoms with Crippen molar-refractivity contribution in [1.29, 1.82) is 0 Å². The molecule has 1 aromatic carbocycles. The van der Waals surface area contributed by atoms with Gasteiger partial charge < -0.3 is 20.8 Å². The van der Waals surface area contributed by atoms with E-state index in [2.05, 4.69) is 15.3 Å². The zero-order chi connectivity index (χ0) is 17.8. The molecule has 0 saturated heterocycles. The van der Waals surface area contributed by atoms with E-state index in [0.717, 1.165) is 6.07 Å². The van der Waals surface area contributed by atoms with E-state index in [1.807, 2.05) is 0 Å². The third-order valence-corrected chi connectivity index (χ3v) is 3.23. The summed E-state index contributed by atoms with van der Waals surface area (Å²) in [5.74, 6) is -0.790. The summed E-state index contributed by atoms with van der Waals surface area (Å²) in [5, 5.41) is 2.46. The highest BCUT2D eigenvalue weighted by atomic mass is 19.1. The number of halogens is 1. The van der Waals surface area contributed by atoms with Crippen LogP contribution in [0.2, 0.25) is 0 Å². The first-order chi connectivity index (χ1) is 12.0. The number of hydrogen-bond acceptors (Lipinski definition) is 5. The van der Waals surface area contributed by atoms with Gasteiger partial charge in [0.25, 0.3) is 11.5 Å². The van der Waals surface area contributed by atoms with Crippen LogP contribution in [0, 0.1) is 5.82 Å². The summed E-state index contributed by atoms with van der Waals surface area (Å²) < 4.78 is 19.6. The quantitative estimate of drug-likeness (QED) is 0.676. The van der Waals surface area contributed by atoms with Crippen LogP contribution in [0.15, 0.2) is 59.7 Å². The Morgan fingerprint density at radius 2 is 2.08 bits per heavy atom. The summed E-state index contributed by atoms with van der Waals surface area (Å²) in [6, 6.07) is 9.79. The van der Waals surface area contributed by atoms with E-state index in [9.17, 15) is 14.0 Å². The van der Waals surface area contributed by atoms with Crippen LogP contribution in [-0.2, 0) is 0 Å². The van der Waals surface area contributed by atoms with Gasteiger partial charge in [-0.05, 0) is 30.3 Å². The van der Waals surface area contributed by atoms with Gasteiger partial charge in [0.15, 0.2) is 11.6 Å².